The minimum Gasteiger partial charge on any atom is -0.364 e. The molecule has 2 rings (SSSR count). The number of aromatic nitrogens is 3. The predicted octanol–water partition coefficient (Wildman–Crippen LogP) is 1.04. The second-order valence-electron chi connectivity index (χ2n) is 2.71. The van der Waals surface area contributed by atoms with Crippen LogP contribution in [0.15, 0.2) is 38.8 Å². The van der Waals surface area contributed by atoms with Gasteiger partial charge < -0.3 is 4.52 Å². The lowest BCUT2D eigenvalue weighted by atomic mass is 10.3. The van der Waals surface area contributed by atoms with Crippen LogP contribution in [0.2, 0.25) is 0 Å². The lowest BCUT2D eigenvalue weighted by Gasteiger charge is -2.01. The smallest absolute Gasteiger partial charge is 0.267 e. The molecular formula is C8H6BrN3O2. The average Bonchev–Trinajstić information content (AvgIpc) is 2.66. The summed E-state index contributed by atoms with van der Waals surface area (Å²) in [5, 5.41) is 3.55. The van der Waals surface area contributed by atoms with Crippen molar-refractivity contribution in [2.24, 2.45) is 0 Å². The highest BCUT2D eigenvalue weighted by Gasteiger charge is 2.02. The van der Waals surface area contributed by atoms with E-state index in [1.165, 1.54) is 23.4 Å². The Kier molecular flexibility index (Phi) is 2.45. The van der Waals surface area contributed by atoms with E-state index >= 15 is 0 Å². The number of rotatable bonds is 2. The molecule has 0 spiro atoms. The summed E-state index contributed by atoms with van der Waals surface area (Å²) >= 11 is 3.12. The van der Waals surface area contributed by atoms with E-state index in [-0.39, 0.29) is 5.56 Å². The molecule has 0 bridgehead atoms. The minimum absolute atomic E-state index is 0.124. The third-order valence-corrected chi connectivity index (χ3v) is 2.24. The van der Waals surface area contributed by atoms with Gasteiger partial charge in [0.15, 0.2) is 0 Å². The van der Waals surface area contributed by atoms with E-state index in [1.807, 2.05) is 0 Å². The molecule has 0 aromatic carbocycles. The van der Waals surface area contributed by atoms with E-state index in [0.29, 0.717) is 11.0 Å². The molecule has 2 heterocycles. The Morgan fingerprint density at radius 2 is 2.36 bits per heavy atom. The largest absolute Gasteiger partial charge is 0.364 e. The van der Waals surface area contributed by atoms with Crippen LogP contribution in [-0.2, 0) is 6.54 Å². The molecule has 0 aliphatic heterocycles. The van der Waals surface area contributed by atoms with Crippen molar-refractivity contribution in [1.29, 1.82) is 0 Å². The first-order chi connectivity index (χ1) is 6.77. The first-order valence-corrected chi connectivity index (χ1v) is 4.65. The van der Waals surface area contributed by atoms with Gasteiger partial charge in [0.05, 0.1) is 19.1 Å². The van der Waals surface area contributed by atoms with Crippen molar-refractivity contribution in [2.75, 3.05) is 0 Å². The van der Waals surface area contributed by atoms with E-state index in [0.717, 1.165) is 5.56 Å². The number of halogens is 1. The highest BCUT2D eigenvalue weighted by molar-refractivity contribution is 9.10. The molecule has 0 radical (unpaired) electrons. The van der Waals surface area contributed by atoms with E-state index in [1.54, 1.807) is 6.20 Å². The van der Waals surface area contributed by atoms with E-state index < -0.39 is 0 Å². The zero-order valence-corrected chi connectivity index (χ0v) is 8.64. The topological polar surface area (TPSA) is 60.9 Å². The van der Waals surface area contributed by atoms with Crippen molar-refractivity contribution in [3.8, 4) is 0 Å². The molecule has 0 saturated carbocycles. The SMILES string of the molecule is O=c1c(Br)cncn1Cc1cnoc1. The van der Waals surface area contributed by atoms with Crippen molar-refractivity contribution in [2.45, 2.75) is 6.54 Å². The summed E-state index contributed by atoms with van der Waals surface area (Å²) in [4.78, 5) is 15.4. The third-order valence-electron chi connectivity index (χ3n) is 1.70. The molecule has 0 fully saturated rings. The second-order valence-corrected chi connectivity index (χ2v) is 3.56. The molecule has 2 aromatic heterocycles. The van der Waals surface area contributed by atoms with Crippen LogP contribution in [0, 0.1) is 0 Å². The van der Waals surface area contributed by atoms with E-state index in [9.17, 15) is 4.79 Å². The Morgan fingerprint density at radius 1 is 1.50 bits per heavy atom. The van der Waals surface area contributed by atoms with Gasteiger partial charge in [-0.1, -0.05) is 5.16 Å². The van der Waals surface area contributed by atoms with E-state index in [2.05, 4.69) is 30.6 Å². The third kappa shape index (κ3) is 1.74. The molecule has 14 heavy (non-hydrogen) atoms. The molecule has 6 heteroatoms. The maximum Gasteiger partial charge on any atom is 0.267 e. The van der Waals surface area contributed by atoms with Crippen molar-refractivity contribution in [3.05, 3.63) is 45.4 Å². The Morgan fingerprint density at radius 3 is 3.07 bits per heavy atom. The maximum atomic E-state index is 11.5. The fraction of sp³-hybridized carbons (Fsp3) is 0.125. The molecule has 0 saturated heterocycles. The Balaban J connectivity index is 2.34. The van der Waals surface area contributed by atoms with Gasteiger partial charge in [-0.05, 0) is 15.9 Å². The summed E-state index contributed by atoms with van der Waals surface area (Å²) in [7, 11) is 0. The molecule has 5 nitrogen and oxygen atoms in total. The fourth-order valence-electron chi connectivity index (χ4n) is 1.04. The van der Waals surface area contributed by atoms with Gasteiger partial charge in [-0.3, -0.25) is 9.36 Å². The summed E-state index contributed by atoms with van der Waals surface area (Å²) in [6.45, 7) is 0.411. The van der Waals surface area contributed by atoms with Gasteiger partial charge >= 0.3 is 0 Å². The number of nitrogens with zero attached hydrogens (tertiary/aromatic N) is 3. The van der Waals surface area contributed by atoms with Crippen molar-refractivity contribution >= 4 is 15.9 Å². The van der Waals surface area contributed by atoms with Crippen LogP contribution in [0.5, 0.6) is 0 Å². The highest BCUT2D eigenvalue weighted by Crippen LogP contribution is 2.01. The predicted molar refractivity (Wildman–Crippen MR) is 51.8 cm³/mol. The van der Waals surface area contributed by atoms with Crippen LogP contribution in [0.4, 0.5) is 0 Å². The van der Waals surface area contributed by atoms with Crippen LogP contribution in [-0.4, -0.2) is 14.7 Å². The average molecular weight is 256 g/mol. The first kappa shape index (κ1) is 9.14. The fourth-order valence-corrected chi connectivity index (χ4v) is 1.38. The van der Waals surface area contributed by atoms with Crippen LogP contribution in [0.1, 0.15) is 5.56 Å². The highest BCUT2D eigenvalue weighted by atomic mass is 79.9. The van der Waals surface area contributed by atoms with Crippen LogP contribution < -0.4 is 5.56 Å². The van der Waals surface area contributed by atoms with Gasteiger partial charge in [-0.2, -0.15) is 0 Å². The molecule has 0 atom stereocenters. The van der Waals surface area contributed by atoms with Crippen LogP contribution in [0.25, 0.3) is 0 Å². The summed E-state index contributed by atoms with van der Waals surface area (Å²) in [6, 6.07) is 0. The quantitative estimate of drug-likeness (QED) is 0.805. The molecular weight excluding hydrogens is 250 g/mol. The van der Waals surface area contributed by atoms with Gasteiger partial charge in [-0.25, -0.2) is 4.98 Å². The molecule has 72 valence electrons. The second kappa shape index (κ2) is 3.75. The molecule has 0 N–H and O–H groups in total. The maximum absolute atomic E-state index is 11.5. The van der Waals surface area contributed by atoms with Crippen LogP contribution >= 0.6 is 15.9 Å². The van der Waals surface area contributed by atoms with Gasteiger partial charge in [0.2, 0.25) is 0 Å². The van der Waals surface area contributed by atoms with E-state index in [4.69, 9.17) is 0 Å². The zero-order chi connectivity index (χ0) is 9.97. The number of hydrogen-bond donors (Lipinski definition) is 0. The minimum atomic E-state index is -0.124. The lowest BCUT2D eigenvalue weighted by molar-refractivity contribution is 0.418. The van der Waals surface area contributed by atoms with Gasteiger partial charge in [0.25, 0.3) is 5.56 Å². The summed E-state index contributed by atoms with van der Waals surface area (Å²) in [5.74, 6) is 0. The number of hydrogen-bond acceptors (Lipinski definition) is 4. The standard InChI is InChI=1S/C8H6BrN3O2/c9-7-2-10-5-12(8(7)13)3-6-1-11-14-4-6/h1-2,4-5H,3H2. The molecule has 0 aliphatic carbocycles. The normalized spacial score (nSPS) is 10.4. The molecule has 0 unspecified atom stereocenters. The van der Waals surface area contributed by atoms with Gasteiger partial charge in [0, 0.05) is 11.8 Å². The van der Waals surface area contributed by atoms with Gasteiger partial charge in [0.1, 0.15) is 10.7 Å². The summed E-state index contributed by atoms with van der Waals surface area (Å²) in [5.41, 5.74) is 0.702. The summed E-state index contributed by atoms with van der Waals surface area (Å²) < 4.78 is 6.57. The molecule has 0 amide bonds. The monoisotopic (exact) mass is 255 g/mol. The van der Waals surface area contributed by atoms with Gasteiger partial charge in [-0.15, -0.1) is 0 Å². The first-order valence-electron chi connectivity index (χ1n) is 3.85. The van der Waals surface area contributed by atoms with Crippen molar-refractivity contribution in [1.82, 2.24) is 14.7 Å². The molecule has 2 aromatic rings. The zero-order valence-electron chi connectivity index (χ0n) is 7.05. The molecule has 0 aliphatic rings. The summed E-state index contributed by atoms with van der Waals surface area (Å²) in [6.07, 6.45) is 5.99. The lowest BCUT2D eigenvalue weighted by Crippen LogP contribution is -2.20. The van der Waals surface area contributed by atoms with Crippen LogP contribution in [0.3, 0.4) is 0 Å². The van der Waals surface area contributed by atoms with Crippen molar-refractivity contribution < 1.29 is 4.52 Å². The van der Waals surface area contributed by atoms with Crippen molar-refractivity contribution in [3.63, 3.8) is 0 Å². The Bertz CT molecular complexity index is 478. The Labute approximate surface area is 87.5 Å². The Hall–Kier alpha value is -1.43.